The van der Waals surface area contributed by atoms with Crippen LogP contribution in [0.2, 0.25) is 0 Å². The van der Waals surface area contributed by atoms with Crippen LogP contribution in [0.4, 0.5) is 0 Å². The second-order valence-corrected chi connectivity index (χ2v) is 4.29. The lowest BCUT2D eigenvalue weighted by molar-refractivity contribution is 0.377. The highest BCUT2D eigenvalue weighted by atomic mass is 79.9. The fraction of sp³-hybridized carbons (Fsp3) is 0.273. The van der Waals surface area contributed by atoms with Crippen LogP contribution < -0.4 is 5.32 Å². The quantitative estimate of drug-likeness (QED) is 0.934. The zero-order chi connectivity index (χ0) is 11.4. The van der Waals surface area contributed by atoms with Crippen molar-refractivity contribution in [1.82, 2.24) is 15.5 Å². The summed E-state index contributed by atoms with van der Waals surface area (Å²) in [5.41, 5.74) is 0.953. The van der Waals surface area contributed by atoms with Gasteiger partial charge in [0, 0.05) is 23.0 Å². The van der Waals surface area contributed by atoms with E-state index in [0.29, 0.717) is 11.7 Å². The molecule has 1 aromatic heterocycles. The number of halogens is 1. The molecule has 16 heavy (non-hydrogen) atoms. The topological polar surface area (TPSA) is 51.0 Å². The van der Waals surface area contributed by atoms with Gasteiger partial charge in [0.1, 0.15) is 0 Å². The zero-order valence-electron chi connectivity index (χ0n) is 8.90. The number of aromatic nitrogens is 2. The third-order valence-electron chi connectivity index (χ3n) is 2.14. The van der Waals surface area contributed by atoms with Gasteiger partial charge in [-0.05, 0) is 19.2 Å². The van der Waals surface area contributed by atoms with E-state index in [1.54, 1.807) is 0 Å². The van der Waals surface area contributed by atoms with E-state index in [9.17, 15) is 0 Å². The highest BCUT2D eigenvalue weighted by molar-refractivity contribution is 9.10. The maximum atomic E-state index is 5.14. The summed E-state index contributed by atoms with van der Waals surface area (Å²) < 4.78 is 6.15. The van der Waals surface area contributed by atoms with Gasteiger partial charge in [-0.25, -0.2) is 0 Å². The van der Waals surface area contributed by atoms with E-state index in [-0.39, 0.29) is 0 Å². The summed E-state index contributed by atoms with van der Waals surface area (Å²) in [7, 11) is 1.89. The minimum Gasteiger partial charge on any atom is -0.339 e. The van der Waals surface area contributed by atoms with Gasteiger partial charge in [-0.3, -0.25) is 0 Å². The fourth-order valence-corrected chi connectivity index (χ4v) is 1.73. The van der Waals surface area contributed by atoms with Gasteiger partial charge >= 0.3 is 0 Å². The van der Waals surface area contributed by atoms with Gasteiger partial charge in [-0.2, -0.15) is 4.98 Å². The number of rotatable bonds is 4. The van der Waals surface area contributed by atoms with Crippen LogP contribution in [-0.4, -0.2) is 23.7 Å². The van der Waals surface area contributed by atoms with Crippen molar-refractivity contribution in [3.8, 4) is 11.4 Å². The van der Waals surface area contributed by atoms with E-state index in [1.165, 1.54) is 0 Å². The van der Waals surface area contributed by atoms with Gasteiger partial charge in [-0.15, -0.1) is 0 Å². The molecule has 0 saturated heterocycles. The molecule has 0 saturated carbocycles. The molecule has 4 nitrogen and oxygen atoms in total. The maximum Gasteiger partial charge on any atom is 0.228 e. The van der Waals surface area contributed by atoms with Gasteiger partial charge in [0.25, 0.3) is 0 Å². The Balaban J connectivity index is 2.18. The molecule has 0 unspecified atom stereocenters. The van der Waals surface area contributed by atoms with Crippen LogP contribution in [0.25, 0.3) is 11.4 Å². The Bertz CT molecular complexity index is 470. The Morgan fingerprint density at radius 3 is 3.06 bits per heavy atom. The summed E-state index contributed by atoms with van der Waals surface area (Å²) in [5.74, 6) is 1.29. The average molecular weight is 282 g/mol. The molecule has 0 spiro atoms. The van der Waals surface area contributed by atoms with Crippen LogP contribution in [0, 0.1) is 0 Å². The Morgan fingerprint density at radius 1 is 1.44 bits per heavy atom. The molecule has 0 bridgehead atoms. The van der Waals surface area contributed by atoms with Crippen molar-refractivity contribution in [1.29, 1.82) is 0 Å². The van der Waals surface area contributed by atoms with Crippen LogP contribution in [0.5, 0.6) is 0 Å². The summed E-state index contributed by atoms with van der Waals surface area (Å²) >= 11 is 3.41. The van der Waals surface area contributed by atoms with Crippen LogP contribution in [0.15, 0.2) is 33.3 Å². The average Bonchev–Trinajstić information content (AvgIpc) is 2.75. The number of benzene rings is 1. The molecule has 84 valence electrons. The van der Waals surface area contributed by atoms with Crippen LogP contribution in [0.1, 0.15) is 5.89 Å². The monoisotopic (exact) mass is 281 g/mol. The second-order valence-electron chi connectivity index (χ2n) is 3.38. The smallest absolute Gasteiger partial charge is 0.228 e. The molecule has 0 atom stereocenters. The molecule has 2 aromatic rings. The molecule has 0 amide bonds. The van der Waals surface area contributed by atoms with E-state index in [1.807, 2.05) is 31.3 Å². The molecular weight excluding hydrogens is 270 g/mol. The number of hydrogen-bond donors (Lipinski definition) is 1. The first-order valence-electron chi connectivity index (χ1n) is 5.02. The minimum atomic E-state index is 0.632. The largest absolute Gasteiger partial charge is 0.339 e. The standard InChI is InChI=1S/C11H12BrN3O/c1-13-6-5-10-14-11(15-16-10)8-3-2-4-9(12)7-8/h2-4,7,13H,5-6H2,1H3. The van der Waals surface area contributed by atoms with Gasteiger partial charge in [0.2, 0.25) is 11.7 Å². The molecule has 0 radical (unpaired) electrons. The Labute approximate surface area is 102 Å². The molecule has 1 N–H and O–H groups in total. The number of hydrogen-bond acceptors (Lipinski definition) is 4. The van der Waals surface area contributed by atoms with Crippen molar-refractivity contribution in [2.24, 2.45) is 0 Å². The van der Waals surface area contributed by atoms with Crippen LogP contribution in [-0.2, 0) is 6.42 Å². The summed E-state index contributed by atoms with van der Waals surface area (Å²) in [6.07, 6.45) is 0.748. The zero-order valence-corrected chi connectivity index (χ0v) is 10.5. The predicted octanol–water partition coefficient (Wildman–Crippen LogP) is 2.26. The minimum absolute atomic E-state index is 0.632. The van der Waals surface area contributed by atoms with Gasteiger partial charge in [-0.1, -0.05) is 33.2 Å². The van der Waals surface area contributed by atoms with E-state index in [2.05, 4.69) is 31.4 Å². The van der Waals surface area contributed by atoms with Crippen molar-refractivity contribution in [2.45, 2.75) is 6.42 Å². The molecule has 1 aromatic carbocycles. The van der Waals surface area contributed by atoms with Crippen LogP contribution >= 0.6 is 15.9 Å². The highest BCUT2D eigenvalue weighted by Crippen LogP contribution is 2.20. The number of likely N-dealkylation sites (N-methyl/N-ethyl adjacent to an activating group) is 1. The van der Waals surface area contributed by atoms with Crippen molar-refractivity contribution in [2.75, 3.05) is 13.6 Å². The van der Waals surface area contributed by atoms with Crippen LogP contribution in [0.3, 0.4) is 0 Å². The van der Waals surface area contributed by atoms with Crippen molar-refractivity contribution in [3.05, 3.63) is 34.6 Å². The second kappa shape index (κ2) is 5.23. The Morgan fingerprint density at radius 2 is 2.31 bits per heavy atom. The molecule has 0 aliphatic carbocycles. The molecule has 0 aliphatic rings. The molecule has 5 heteroatoms. The first-order valence-corrected chi connectivity index (χ1v) is 5.82. The van der Waals surface area contributed by atoms with Gasteiger partial charge < -0.3 is 9.84 Å². The number of nitrogens with one attached hydrogen (secondary N) is 1. The van der Waals surface area contributed by atoms with Gasteiger partial charge in [0.15, 0.2) is 0 Å². The molecular formula is C11H12BrN3O. The maximum absolute atomic E-state index is 5.14. The SMILES string of the molecule is CNCCc1nc(-c2cccc(Br)c2)no1. The Hall–Kier alpha value is -1.20. The lowest BCUT2D eigenvalue weighted by Crippen LogP contribution is -2.10. The van der Waals surface area contributed by atoms with Crippen molar-refractivity contribution < 1.29 is 4.52 Å². The third-order valence-corrected chi connectivity index (χ3v) is 2.63. The lowest BCUT2D eigenvalue weighted by atomic mass is 10.2. The van der Waals surface area contributed by atoms with E-state index in [4.69, 9.17) is 4.52 Å². The summed E-state index contributed by atoms with van der Waals surface area (Å²) in [5, 5.41) is 6.98. The summed E-state index contributed by atoms with van der Waals surface area (Å²) in [6, 6.07) is 7.83. The van der Waals surface area contributed by atoms with Crippen molar-refractivity contribution in [3.63, 3.8) is 0 Å². The van der Waals surface area contributed by atoms with Gasteiger partial charge in [0.05, 0.1) is 0 Å². The Kier molecular flexibility index (Phi) is 3.69. The molecule has 2 rings (SSSR count). The lowest BCUT2D eigenvalue weighted by Gasteiger charge is -1.94. The first-order chi connectivity index (χ1) is 7.79. The molecule has 0 aliphatic heterocycles. The van der Waals surface area contributed by atoms with E-state index < -0.39 is 0 Å². The van der Waals surface area contributed by atoms with Crippen molar-refractivity contribution >= 4 is 15.9 Å². The third kappa shape index (κ3) is 2.68. The highest BCUT2D eigenvalue weighted by Gasteiger charge is 2.07. The summed E-state index contributed by atoms with van der Waals surface area (Å²) in [6.45, 7) is 0.833. The number of nitrogens with zero attached hydrogens (tertiary/aromatic N) is 2. The summed E-state index contributed by atoms with van der Waals surface area (Å²) in [4.78, 5) is 4.32. The fourth-order valence-electron chi connectivity index (χ4n) is 1.33. The molecule has 1 heterocycles. The molecule has 0 fully saturated rings. The van der Waals surface area contributed by atoms with E-state index >= 15 is 0 Å². The normalized spacial score (nSPS) is 10.6. The predicted molar refractivity (Wildman–Crippen MR) is 65.1 cm³/mol. The first kappa shape index (κ1) is 11.3. The van der Waals surface area contributed by atoms with E-state index in [0.717, 1.165) is 23.0 Å².